The number of hydrogen-bond acceptors (Lipinski definition) is 6. The number of nitrogens with zero attached hydrogens (tertiary/aromatic N) is 3. The van der Waals surface area contributed by atoms with Crippen molar-refractivity contribution < 1.29 is 14.3 Å². The first-order valence-electron chi connectivity index (χ1n) is 14.3. The number of rotatable bonds is 10. The van der Waals surface area contributed by atoms with E-state index in [1.54, 1.807) is 6.07 Å². The lowest BCUT2D eigenvalue weighted by molar-refractivity contribution is 0.0598. The van der Waals surface area contributed by atoms with Crippen LogP contribution in [-0.2, 0) is 17.7 Å². The zero-order chi connectivity index (χ0) is 29.5. The van der Waals surface area contributed by atoms with Gasteiger partial charge in [0.05, 0.1) is 7.11 Å². The van der Waals surface area contributed by atoms with E-state index in [9.17, 15) is 4.79 Å². The molecule has 1 fully saturated rings. The number of halogens is 1. The maximum atomic E-state index is 12.5. The number of piperazine rings is 1. The molecule has 0 N–H and O–H groups in total. The van der Waals surface area contributed by atoms with Gasteiger partial charge >= 0.3 is 5.97 Å². The van der Waals surface area contributed by atoms with E-state index >= 15 is 0 Å². The second-order valence-corrected chi connectivity index (χ2v) is 11.3. The van der Waals surface area contributed by atoms with Gasteiger partial charge in [-0.25, -0.2) is 4.79 Å². The van der Waals surface area contributed by atoms with Crippen molar-refractivity contribution in [3.8, 4) is 22.6 Å². The topological polar surface area (TPSA) is 45.3 Å². The third-order valence-electron chi connectivity index (χ3n) is 7.67. The summed E-state index contributed by atoms with van der Waals surface area (Å²) in [6.07, 6.45) is 0.967. The fourth-order valence-corrected chi connectivity index (χ4v) is 5.37. The fourth-order valence-electron chi connectivity index (χ4n) is 5.25. The van der Waals surface area contributed by atoms with Crippen LogP contribution in [0.15, 0.2) is 91.0 Å². The summed E-state index contributed by atoms with van der Waals surface area (Å²) < 4.78 is 11.3. The minimum Gasteiger partial charge on any atom is -0.465 e. The minimum absolute atomic E-state index is 0.412. The number of anilines is 1. The number of likely N-dealkylation sites (N-methyl/N-ethyl adjacent to an activating group) is 1. The fraction of sp³-hybridized carbons (Fsp3) is 0.286. The van der Waals surface area contributed by atoms with Crippen LogP contribution < -0.4 is 9.64 Å². The number of ether oxygens (including phenoxy) is 2. The molecule has 218 valence electrons. The van der Waals surface area contributed by atoms with Crippen molar-refractivity contribution in [2.75, 3.05) is 58.8 Å². The summed E-state index contributed by atoms with van der Waals surface area (Å²) in [4.78, 5) is 19.5. The number of carbonyl (C=O) groups excluding carboxylic acids is 1. The van der Waals surface area contributed by atoms with Gasteiger partial charge in [-0.15, -0.1) is 0 Å². The van der Waals surface area contributed by atoms with Crippen molar-refractivity contribution in [1.82, 2.24) is 9.80 Å². The van der Waals surface area contributed by atoms with Gasteiger partial charge in [-0.05, 0) is 79.2 Å². The molecule has 0 spiro atoms. The van der Waals surface area contributed by atoms with Crippen molar-refractivity contribution >= 4 is 23.3 Å². The Morgan fingerprint density at radius 1 is 0.881 bits per heavy atom. The number of esters is 1. The van der Waals surface area contributed by atoms with Crippen LogP contribution in [0.5, 0.6) is 11.5 Å². The zero-order valence-corrected chi connectivity index (χ0v) is 25.3. The van der Waals surface area contributed by atoms with E-state index in [0.29, 0.717) is 17.1 Å². The summed E-state index contributed by atoms with van der Waals surface area (Å²) >= 11 is 6.12. The first-order valence-corrected chi connectivity index (χ1v) is 14.7. The Bertz CT molecular complexity index is 1480. The summed E-state index contributed by atoms with van der Waals surface area (Å²) in [6.45, 7) is 5.47. The third-order valence-corrected chi connectivity index (χ3v) is 7.93. The number of carbonyl (C=O) groups is 1. The Hall–Kier alpha value is -3.84. The number of hydrogen-bond donors (Lipinski definition) is 0. The highest BCUT2D eigenvalue weighted by atomic mass is 35.5. The van der Waals surface area contributed by atoms with Crippen molar-refractivity contribution in [2.45, 2.75) is 13.0 Å². The molecular formula is C35H38ClN3O3. The summed E-state index contributed by atoms with van der Waals surface area (Å²) in [5.41, 5.74) is 6.40. The second kappa shape index (κ2) is 13.9. The molecule has 0 atom stereocenters. The van der Waals surface area contributed by atoms with Crippen LogP contribution in [0.1, 0.15) is 21.5 Å². The molecule has 0 aliphatic carbocycles. The van der Waals surface area contributed by atoms with Crippen molar-refractivity contribution in [1.29, 1.82) is 0 Å². The van der Waals surface area contributed by atoms with E-state index < -0.39 is 5.97 Å². The molecule has 0 radical (unpaired) electrons. The molecule has 0 bridgehead atoms. The van der Waals surface area contributed by atoms with E-state index in [-0.39, 0.29) is 0 Å². The van der Waals surface area contributed by atoms with Crippen LogP contribution in [0.3, 0.4) is 0 Å². The van der Waals surface area contributed by atoms with Crippen LogP contribution in [0.4, 0.5) is 5.69 Å². The van der Waals surface area contributed by atoms with E-state index in [0.717, 1.165) is 56.4 Å². The Balaban J connectivity index is 1.26. The van der Waals surface area contributed by atoms with Crippen LogP contribution in [-0.4, -0.2) is 69.7 Å². The molecule has 4 aromatic carbocycles. The Kier molecular flexibility index (Phi) is 9.80. The van der Waals surface area contributed by atoms with Gasteiger partial charge in [-0.2, -0.15) is 0 Å². The van der Waals surface area contributed by atoms with Crippen LogP contribution >= 0.6 is 11.6 Å². The average Bonchev–Trinajstić information content (AvgIpc) is 3.01. The van der Waals surface area contributed by atoms with Gasteiger partial charge in [0.25, 0.3) is 0 Å². The molecule has 6 nitrogen and oxygen atoms in total. The summed E-state index contributed by atoms with van der Waals surface area (Å²) in [5, 5.41) is 0.744. The molecule has 1 heterocycles. The average molecular weight is 584 g/mol. The number of benzene rings is 4. The first kappa shape index (κ1) is 29.6. The molecular weight excluding hydrogens is 546 g/mol. The molecule has 0 aromatic heterocycles. The van der Waals surface area contributed by atoms with Gasteiger partial charge in [-0.3, -0.25) is 4.90 Å². The Morgan fingerprint density at radius 3 is 2.29 bits per heavy atom. The summed E-state index contributed by atoms with van der Waals surface area (Å²) in [5.74, 6) is 0.776. The third kappa shape index (κ3) is 7.51. The smallest absolute Gasteiger partial charge is 0.341 e. The minimum atomic E-state index is -0.414. The predicted octanol–water partition coefficient (Wildman–Crippen LogP) is 7.01. The second-order valence-electron chi connectivity index (χ2n) is 10.9. The van der Waals surface area contributed by atoms with Crippen molar-refractivity contribution in [2.24, 2.45) is 0 Å². The molecule has 0 saturated carbocycles. The van der Waals surface area contributed by atoms with Gasteiger partial charge in [0.1, 0.15) is 17.1 Å². The Labute approximate surface area is 254 Å². The molecule has 1 aliphatic heterocycles. The van der Waals surface area contributed by atoms with Crippen LogP contribution in [0.2, 0.25) is 5.02 Å². The SMILES string of the molecule is COC(=O)c1ccc(N2CCN(Cc3ccccc3-c3ccc(Cl)cc3)CC2)cc1Oc1ccc(CCN(C)C)cc1. The first-order chi connectivity index (χ1) is 20.4. The lowest BCUT2D eigenvalue weighted by Gasteiger charge is -2.36. The van der Waals surface area contributed by atoms with Crippen LogP contribution in [0, 0.1) is 0 Å². The molecule has 7 heteroatoms. The molecule has 0 amide bonds. The standard InChI is InChI=1S/C35H38ClN3O3/c1-37(2)19-18-26-8-15-31(16-9-26)42-34-24-30(14-17-33(34)35(40)41-3)39-22-20-38(21-23-39)25-28-6-4-5-7-32(28)27-10-12-29(36)13-11-27/h4-17,24H,18-23,25H2,1-3H3. The molecule has 4 aromatic rings. The summed E-state index contributed by atoms with van der Waals surface area (Å²) in [6, 6.07) is 30.4. The quantitative estimate of drug-likeness (QED) is 0.187. The molecule has 5 rings (SSSR count). The van der Waals surface area contributed by atoms with E-state index in [1.165, 1.54) is 29.4 Å². The lowest BCUT2D eigenvalue weighted by Crippen LogP contribution is -2.46. The predicted molar refractivity (Wildman–Crippen MR) is 171 cm³/mol. The normalized spacial score (nSPS) is 13.8. The maximum Gasteiger partial charge on any atom is 0.341 e. The largest absolute Gasteiger partial charge is 0.465 e. The zero-order valence-electron chi connectivity index (χ0n) is 24.6. The van der Waals surface area contributed by atoms with Gasteiger partial charge in [0.2, 0.25) is 0 Å². The van der Waals surface area contributed by atoms with Crippen molar-refractivity contribution in [3.63, 3.8) is 0 Å². The van der Waals surface area contributed by atoms with Crippen LogP contribution in [0.25, 0.3) is 11.1 Å². The monoisotopic (exact) mass is 583 g/mol. The van der Waals surface area contributed by atoms with Crippen molar-refractivity contribution in [3.05, 3.63) is 113 Å². The van der Waals surface area contributed by atoms with E-state index in [4.69, 9.17) is 21.1 Å². The maximum absolute atomic E-state index is 12.5. The molecule has 0 unspecified atom stereocenters. The van der Waals surface area contributed by atoms with Gasteiger partial charge < -0.3 is 19.3 Å². The highest BCUT2D eigenvalue weighted by molar-refractivity contribution is 6.30. The molecule has 1 aliphatic rings. The highest BCUT2D eigenvalue weighted by Gasteiger charge is 2.21. The Morgan fingerprint density at radius 2 is 1.60 bits per heavy atom. The highest BCUT2D eigenvalue weighted by Crippen LogP contribution is 2.32. The summed E-state index contributed by atoms with van der Waals surface area (Å²) in [7, 11) is 5.53. The molecule has 1 saturated heterocycles. The van der Waals surface area contributed by atoms with E-state index in [2.05, 4.69) is 77.3 Å². The number of methoxy groups -OCH3 is 1. The van der Waals surface area contributed by atoms with Gasteiger partial charge in [0.15, 0.2) is 0 Å². The van der Waals surface area contributed by atoms with Gasteiger partial charge in [-0.1, -0.05) is 60.1 Å². The van der Waals surface area contributed by atoms with E-state index in [1.807, 2.05) is 36.4 Å². The molecule has 42 heavy (non-hydrogen) atoms. The van der Waals surface area contributed by atoms with Gasteiger partial charge in [0, 0.05) is 56.0 Å². The lowest BCUT2D eigenvalue weighted by atomic mass is 9.99.